The molecule has 0 amide bonds. The van der Waals surface area contributed by atoms with Gasteiger partial charge in [0.05, 0.1) is 10.6 Å². The minimum atomic E-state index is -4.01. The molecular weight excluding hydrogens is 298 g/mol. The molecule has 0 bridgehead atoms. The van der Waals surface area contributed by atoms with Crippen molar-refractivity contribution in [1.29, 1.82) is 0 Å². The Bertz CT molecular complexity index is 722. The number of rotatable bonds is 3. The number of pyridine rings is 1. The van der Waals surface area contributed by atoms with Crippen LogP contribution in [-0.2, 0) is 10.0 Å². The summed E-state index contributed by atoms with van der Waals surface area (Å²) < 4.78 is 52.0. The summed E-state index contributed by atoms with van der Waals surface area (Å²) in [6, 6.07) is 4.84. The van der Waals surface area contributed by atoms with E-state index < -0.39 is 21.7 Å². The molecule has 1 N–H and O–H groups in total. The third-order valence-corrected chi connectivity index (χ3v) is 3.75. The maximum absolute atomic E-state index is 13.4. The van der Waals surface area contributed by atoms with E-state index in [0.29, 0.717) is 6.07 Å². The van der Waals surface area contributed by atoms with E-state index in [1.54, 1.807) is 0 Å². The molecule has 0 aliphatic heterocycles. The van der Waals surface area contributed by atoms with Crippen molar-refractivity contribution in [2.24, 2.45) is 0 Å². The van der Waals surface area contributed by atoms with Crippen molar-refractivity contribution in [3.63, 3.8) is 0 Å². The maximum atomic E-state index is 13.4. The van der Waals surface area contributed by atoms with Crippen LogP contribution in [-0.4, -0.2) is 13.4 Å². The number of nitrogens with zero attached hydrogens (tertiary/aromatic N) is 1. The number of nitrogens with one attached hydrogen (secondary N) is 1. The van der Waals surface area contributed by atoms with Crippen molar-refractivity contribution >= 4 is 27.3 Å². The number of benzene rings is 1. The summed E-state index contributed by atoms with van der Waals surface area (Å²) in [6.07, 6.45) is 1.21. The third kappa shape index (κ3) is 3.18. The summed E-state index contributed by atoms with van der Waals surface area (Å²) in [5.41, 5.74) is -0.352. The third-order valence-electron chi connectivity index (χ3n) is 2.18. The van der Waals surface area contributed by atoms with Crippen LogP contribution < -0.4 is 4.72 Å². The minimum Gasteiger partial charge on any atom is -0.277 e. The fraction of sp³-hybridized carbons (Fsp3) is 0. The zero-order valence-corrected chi connectivity index (χ0v) is 10.8. The largest absolute Gasteiger partial charge is 0.277 e. The van der Waals surface area contributed by atoms with Gasteiger partial charge in [-0.15, -0.1) is 0 Å². The second kappa shape index (κ2) is 5.10. The van der Waals surface area contributed by atoms with Gasteiger partial charge >= 0.3 is 0 Å². The van der Waals surface area contributed by atoms with Gasteiger partial charge in [-0.3, -0.25) is 4.72 Å². The summed E-state index contributed by atoms with van der Waals surface area (Å²) in [4.78, 5) is 3.47. The van der Waals surface area contributed by atoms with Gasteiger partial charge < -0.3 is 0 Å². The molecule has 0 saturated heterocycles. The van der Waals surface area contributed by atoms with Gasteiger partial charge in [0.1, 0.15) is 16.8 Å². The van der Waals surface area contributed by atoms with E-state index in [-0.39, 0.29) is 15.7 Å². The predicted octanol–water partition coefficient (Wildman–Crippen LogP) is 2.81. The molecule has 0 aliphatic carbocycles. The van der Waals surface area contributed by atoms with Crippen molar-refractivity contribution in [3.05, 3.63) is 53.3 Å². The molecule has 2 rings (SSSR count). The summed E-state index contributed by atoms with van der Waals surface area (Å²) >= 11 is 5.58. The summed E-state index contributed by atoms with van der Waals surface area (Å²) in [5, 5.41) is -0.0116. The van der Waals surface area contributed by atoms with Gasteiger partial charge in [0.2, 0.25) is 0 Å². The zero-order valence-electron chi connectivity index (χ0n) is 9.27. The highest BCUT2D eigenvalue weighted by Crippen LogP contribution is 2.20. The average Bonchev–Trinajstić information content (AvgIpc) is 2.33. The molecule has 0 radical (unpaired) electrons. The van der Waals surface area contributed by atoms with E-state index >= 15 is 0 Å². The molecule has 1 heterocycles. The molecule has 19 heavy (non-hydrogen) atoms. The Labute approximate surface area is 113 Å². The smallest absolute Gasteiger partial charge is 0.262 e. The zero-order chi connectivity index (χ0) is 14.0. The van der Waals surface area contributed by atoms with Gasteiger partial charge in [0.25, 0.3) is 10.0 Å². The Kier molecular flexibility index (Phi) is 3.68. The number of sulfonamides is 1. The number of halogens is 3. The van der Waals surface area contributed by atoms with Crippen LogP contribution in [0.15, 0.2) is 41.4 Å². The molecule has 0 fully saturated rings. The summed E-state index contributed by atoms with van der Waals surface area (Å²) in [7, 11) is -4.01. The first-order valence-electron chi connectivity index (χ1n) is 4.98. The first-order valence-corrected chi connectivity index (χ1v) is 6.84. The lowest BCUT2D eigenvalue weighted by Gasteiger charge is -2.08. The van der Waals surface area contributed by atoms with Crippen molar-refractivity contribution < 1.29 is 17.2 Å². The Hall–Kier alpha value is -1.73. The lowest BCUT2D eigenvalue weighted by Crippen LogP contribution is -2.14. The Morgan fingerprint density at radius 1 is 1.16 bits per heavy atom. The molecule has 2 aromatic rings. The van der Waals surface area contributed by atoms with E-state index in [2.05, 4.69) is 4.98 Å². The first-order chi connectivity index (χ1) is 8.88. The van der Waals surface area contributed by atoms with Crippen LogP contribution in [0.2, 0.25) is 5.15 Å². The van der Waals surface area contributed by atoms with E-state index in [4.69, 9.17) is 11.6 Å². The fourth-order valence-electron chi connectivity index (χ4n) is 1.33. The van der Waals surface area contributed by atoms with Crippen LogP contribution in [0.25, 0.3) is 0 Å². The van der Waals surface area contributed by atoms with Crippen LogP contribution in [0.4, 0.5) is 14.5 Å². The Balaban J connectivity index is 2.36. The molecule has 0 unspecified atom stereocenters. The Morgan fingerprint density at radius 3 is 2.53 bits per heavy atom. The maximum Gasteiger partial charge on any atom is 0.262 e. The number of anilines is 1. The molecular formula is C11H7ClF2N2O2S. The molecule has 0 saturated carbocycles. The van der Waals surface area contributed by atoms with Gasteiger partial charge in [0, 0.05) is 12.3 Å². The number of hydrogen-bond donors (Lipinski definition) is 1. The molecule has 100 valence electrons. The van der Waals surface area contributed by atoms with Gasteiger partial charge in [-0.25, -0.2) is 22.2 Å². The molecule has 1 aromatic heterocycles. The highest BCUT2D eigenvalue weighted by atomic mass is 35.5. The molecule has 4 nitrogen and oxygen atoms in total. The fourth-order valence-corrected chi connectivity index (χ4v) is 2.65. The molecule has 0 atom stereocenters. The highest BCUT2D eigenvalue weighted by Gasteiger charge is 2.17. The van der Waals surface area contributed by atoms with E-state index in [9.17, 15) is 17.2 Å². The van der Waals surface area contributed by atoms with Crippen LogP contribution in [0, 0.1) is 11.6 Å². The Morgan fingerprint density at radius 2 is 1.89 bits per heavy atom. The van der Waals surface area contributed by atoms with Crippen molar-refractivity contribution in [2.75, 3.05) is 4.72 Å². The monoisotopic (exact) mass is 304 g/mol. The standard InChI is InChI=1S/C11H7ClF2N2O2S/c12-11-6-8(3-4-15-11)19(17,18)16-10-2-1-7(13)5-9(10)14/h1-6,16H. The van der Waals surface area contributed by atoms with Gasteiger partial charge in [-0.1, -0.05) is 11.6 Å². The van der Waals surface area contributed by atoms with Crippen molar-refractivity contribution in [3.8, 4) is 0 Å². The molecule has 8 heteroatoms. The normalized spacial score (nSPS) is 11.3. The van der Waals surface area contributed by atoms with E-state index in [1.165, 1.54) is 12.3 Å². The van der Waals surface area contributed by atoms with Crippen LogP contribution in [0.1, 0.15) is 0 Å². The topological polar surface area (TPSA) is 59.1 Å². The summed E-state index contributed by atoms with van der Waals surface area (Å²) in [6.45, 7) is 0. The molecule has 1 aromatic carbocycles. The lowest BCUT2D eigenvalue weighted by molar-refractivity contribution is 0.583. The first kappa shape index (κ1) is 13.7. The summed E-state index contributed by atoms with van der Waals surface area (Å²) in [5.74, 6) is -1.81. The van der Waals surface area contributed by atoms with Gasteiger partial charge in [0.15, 0.2) is 0 Å². The van der Waals surface area contributed by atoms with E-state index in [1.807, 2.05) is 4.72 Å². The van der Waals surface area contributed by atoms with Crippen molar-refractivity contribution in [2.45, 2.75) is 4.90 Å². The second-order valence-corrected chi connectivity index (χ2v) is 5.61. The van der Waals surface area contributed by atoms with E-state index in [0.717, 1.165) is 18.2 Å². The van der Waals surface area contributed by atoms with Crippen LogP contribution in [0.5, 0.6) is 0 Å². The molecule has 0 spiro atoms. The predicted molar refractivity (Wildman–Crippen MR) is 66.4 cm³/mol. The van der Waals surface area contributed by atoms with Crippen LogP contribution >= 0.6 is 11.6 Å². The van der Waals surface area contributed by atoms with Gasteiger partial charge in [-0.05, 0) is 24.3 Å². The SMILES string of the molecule is O=S(=O)(Nc1ccc(F)cc1F)c1ccnc(Cl)c1. The second-order valence-electron chi connectivity index (χ2n) is 3.54. The lowest BCUT2D eigenvalue weighted by atomic mass is 10.3. The average molecular weight is 305 g/mol. The minimum absolute atomic E-state index is 0.0116. The number of hydrogen-bond acceptors (Lipinski definition) is 3. The highest BCUT2D eigenvalue weighted by molar-refractivity contribution is 7.92. The quantitative estimate of drug-likeness (QED) is 0.887. The van der Waals surface area contributed by atoms with Crippen LogP contribution in [0.3, 0.4) is 0 Å². The molecule has 0 aliphatic rings. The number of aromatic nitrogens is 1. The van der Waals surface area contributed by atoms with Crippen molar-refractivity contribution in [1.82, 2.24) is 4.98 Å². The van der Waals surface area contributed by atoms with Gasteiger partial charge in [-0.2, -0.15) is 0 Å².